The van der Waals surface area contributed by atoms with Crippen LogP contribution >= 0.6 is 11.8 Å². The summed E-state index contributed by atoms with van der Waals surface area (Å²) in [5.74, 6) is 2.61. The minimum Gasteiger partial charge on any atom is -0.354 e. The van der Waals surface area contributed by atoms with Crippen molar-refractivity contribution < 1.29 is 0 Å². The Bertz CT molecular complexity index is 1370. The zero-order valence-electron chi connectivity index (χ0n) is 18.5. The molecule has 3 N–H and O–H groups in total. The summed E-state index contributed by atoms with van der Waals surface area (Å²) in [5, 5.41) is 10.3. The van der Waals surface area contributed by atoms with Gasteiger partial charge in [-0.25, -0.2) is 15.0 Å². The second-order valence-electron chi connectivity index (χ2n) is 8.18. The molecular formula is C23H25N7OS. The number of benzene rings is 1. The number of hydrogen-bond acceptors (Lipinski definition) is 7. The third-order valence-electron chi connectivity index (χ3n) is 5.58. The third kappa shape index (κ3) is 3.95. The predicted octanol–water partition coefficient (Wildman–Crippen LogP) is 4.75. The van der Waals surface area contributed by atoms with Crippen LogP contribution in [0.2, 0.25) is 0 Å². The lowest BCUT2D eigenvalue weighted by Crippen LogP contribution is -2.12. The van der Waals surface area contributed by atoms with E-state index in [0.717, 1.165) is 16.3 Å². The summed E-state index contributed by atoms with van der Waals surface area (Å²) in [6.45, 7) is 3.78. The lowest BCUT2D eigenvalue weighted by Gasteiger charge is -2.14. The van der Waals surface area contributed by atoms with Crippen molar-refractivity contribution in [2.75, 3.05) is 16.9 Å². The van der Waals surface area contributed by atoms with Gasteiger partial charge >= 0.3 is 0 Å². The largest absolute Gasteiger partial charge is 0.354 e. The number of nitrogens with zero attached hydrogens (tertiary/aromatic N) is 4. The first-order valence-electron chi connectivity index (χ1n) is 10.6. The molecule has 0 atom stereocenters. The highest BCUT2D eigenvalue weighted by Gasteiger charge is 2.24. The van der Waals surface area contributed by atoms with Crippen LogP contribution in [0.5, 0.6) is 0 Å². The van der Waals surface area contributed by atoms with Crippen molar-refractivity contribution in [3.63, 3.8) is 0 Å². The van der Waals surface area contributed by atoms with Crippen LogP contribution in [0.15, 0.2) is 40.0 Å². The Morgan fingerprint density at radius 3 is 2.53 bits per heavy atom. The number of fused-ring (bicyclic) bond motifs is 1. The Morgan fingerprint density at radius 1 is 1.03 bits per heavy atom. The molecule has 0 bridgehead atoms. The van der Waals surface area contributed by atoms with Crippen LogP contribution in [0.1, 0.15) is 35.8 Å². The van der Waals surface area contributed by atoms with Gasteiger partial charge in [-0.3, -0.25) is 14.6 Å². The van der Waals surface area contributed by atoms with E-state index in [9.17, 15) is 4.79 Å². The van der Waals surface area contributed by atoms with Gasteiger partial charge in [-0.15, -0.1) is 11.8 Å². The van der Waals surface area contributed by atoms with Gasteiger partial charge in [-0.1, -0.05) is 6.07 Å². The molecule has 1 saturated carbocycles. The molecular weight excluding hydrogens is 422 g/mol. The van der Waals surface area contributed by atoms with Gasteiger partial charge in [0.25, 0.3) is 5.56 Å². The normalized spacial score (nSPS) is 13.5. The number of nitrogens with one attached hydrogen (secondary N) is 3. The number of H-pyrrole nitrogens is 1. The molecule has 0 radical (unpaired) electrons. The van der Waals surface area contributed by atoms with Crippen LogP contribution in [-0.2, 0) is 7.05 Å². The lowest BCUT2D eigenvalue weighted by atomic mass is 10.1. The Labute approximate surface area is 189 Å². The van der Waals surface area contributed by atoms with E-state index in [4.69, 9.17) is 0 Å². The van der Waals surface area contributed by atoms with Crippen molar-refractivity contribution >= 4 is 45.8 Å². The van der Waals surface area contributed by atoms with Crippen LogP contribution < -0.4 is 16.2 Å². The Balaban J connectivity index is 1.57. The zero-order valence-corrected chi connectivity index (χ0v) is 19.3. The number of rotatable bonds is 6. The quantitative estimate of drug-likeness (QED) is 0.367. The highest BCUT2D eigenvalue weighted by atomic mass is 32.2. The summed E-state index contributed by atoms with van der Waals surface area (Å²) in [4.78, 5) is 27.3. The molecule has 0 amide bonds. The molecule has 0 spiro atoms. The summed E-state index contributed by atoms with van der Waals surface area (Å²) in [5.41, 5.74) is 4.29. The topological polar surface area (TPSA) is 101 Å². The first-order valence-corrected chi connectivity index (χ1v) is 11.8. The van der Waals surface area contributed by atoms with E-state index in [-0.39, 0.29) is 5.56 Å². The first kappa shape index (κ1) is 20.6. The van der Waals surface area contributed by atoms with Gasteiger partial charge in [-0.2, -0.15) is 0 Å². The van der Waals surface area contributed by atoms with E-state index in [1.807, 2.05) is 26.0 Å². The molecule has 0 unspecified atom stereocenters. The average molecular weight is 448 g/mol. The zero-order chi connectivity index (χ0) is 22.4. The first-order chi connectivity index (χ1) is 15.4. The average Bonchev–Trinajstić information content (AvgIpc) is 3.54. The molecule has 3 aromatic heterocycles. The van der Waals surface area contributed by atoms with E-state index >= 15 is 0 Å². The standard InChI is InChI=1S/C23H25N7OS/c1-12-9-19(25-13(2)24-12)27-20-11-17(21-22(28-20)29-30(3)23(21)31)26-16-8-7-15(14-5-6-14)10-18(16)32-4/h7-11,14H,5-6H2,1-4H3,(H3,24,25,26,27,28,29). The van der Waals surface area contributed by atoms with Crippen molar-refractivity contribution in [2.24, 2.45) is 7.05 Å². The Hall–Kier alpha value is -3.33. The van der Waals surface area contributed by atoms with Gasteiger partial charge in [-0.05, 0) is 56.6 Å². The molecule has 1 aromatic carbocycles. The van der Waals surface area contributed by atoms with E-state index in [1.54, 1.807) is 18.8 Å². The molecule has 1 fully saturated rings. The van der Waals surface area contributed by atoms with Crippen molar-refractivity contribution in [3.8, 4) is 0 Å². The van der Waals surface area contributed by atoms with Gasteiger partial charge < -0.3 is 10.6 Å². The maximum absolute atomic E-state index is 12.8. The number of anilines is 4. The van der Waals surface area contributed by atoms with Crippen LogP contribution in [0.4, 0.5) is 23.0 Å². The molecule has 8 nitrogen and oxygen atoms in total. The van der Waals surface area contributed by atoms with Crippen molar-refractivity contribution in [1.29, 1.82) is 0 Å². The van der Waals surface area contributed by atoms with E-state index < -0.39 is 0 Å². The predicted molar refractivity (Wildman–Crippen MR) is 130 cm³/mol. The molecule has 4 aromatic rings. The van der Waals surface area contributed by atoms with Gasteiger partial charge in [0.2, 0.25) is 0 Å². The minimum absolute atomic E-state index is 0.129. The number of aromatic amines is 1. The number of aromatic nitrogens is 5. The van der Waals surface area contributed by atoms with Crippen LogP contribution in [0.3, 0.4) is 0 Å². The second kappa shape index (κ2) is 7.98. The van der Waals surface area contributed by atoms with Crippen LogP contribution in [0.25, 0.3) is 11.0 Å². The molecule has 9 heteroatoms. The third-order valence-corrected chi connectivity index (χ3v) is 6.35. The minimum atomic E-state index is -0.129. The Morgan fingerprint density at radius 2 is 1.81 bits per heavy atom. The maximum Gasteiger partial charge on any atom is 0.277 e. The Kier molecular flexibility index (Phi) is 5.13. The molecule has 1 aliphatic carbocycles. The van der Waals surface area contributed by atoms with Gasteiger partial charge in [0.1, 0.15) is 22.8 Å². The summed E-state index contributed by atoms with van der Waals surface area (Å²) in [7, 11) is 1.69. The molecule has 0 saturated heterocycles. The molecule has 0 aliphatic heterocycles. The van der Waals surface area contributed by atoms with Gasteiger partial charge in [0, 0.05) is 29.8 Å². The monoisotopic (exact) mass is 447 g/mol. The second-order valence-corrected chi connectivity index (χ2v) is 9.03. The van der Waals surface area contributed by atoms with Crippen molar-refractivity contribution in [1.82, 2.24) is 24.7 Å². The van der Waals surface area contributed by atoms with Crippen molar-refractivity contribution in [3.05, 3.63) is 57.8 Å². The summed E-state index contributed by atoms with van der Waals surface area (Å²) < 4.78 is 1.44. The maximum atomic E-state index is 12.8. The molecule has 3 heterocycles. The van der Waals surface area contributed by atoms with Gasteiger partial charge in [0.15, 0.2) is 5.65 Å². The van der Waals surface area contributed by atoms with Gasteiger partial charge in [0.05, 0.1) is 11.4 Å². The van der Waals surface area contributed by atoms with Crippen molar-refractivity contribution in [2.45, 2.75) is 37.5 Å². The fourth-order valence-corrected chi connectivity index (χ4v) is 4.51. The highest BCUT2D eigenvalue weighted by molar-refractivity contribution is 7.98. The smallest absolute Gasteiger partial charge is 0.277 e. The van der Waals surface area contributed by atoms with E-state index in [1.165, 1.54) is 23.1 Å². The lowest BCUT2D eigenvalue weighted by molar-refractivity contribution is 0.748. The number of pyridine rings is 1. The van der Waals surface area contributed by atoms with Crippen LogP contribution in [-0.4, -0.2) is 31.0 Å². The number of thioether (sulfide) groups is 1. The molecule has 1 aliphatic rings. The fourth-order valence-electron chi connectivity index (χ4n) is 3.92. The highest BCUT2D eigenvalue weighted by Crippen LogP contribution is 2.42. The molecule has 164 valence electrons. The molecule has 5 rings (SSSR count). The summed E-state index contributed by atoms with van der Waals surface area (Å²) in [6, 6.07) is 10.3. The summed E-state index contributed by atoms with van der Waals surface area (Å²) >= 11 is 1.70. The number of aryl methyl sites for hydroxylation is 3. The SMILES string of the molecule is CSc1cc(C2CC2)ccc1Nc1cc(Nc2cc(C)nc(C)n2)nc2[nH]n(C)c(=O)c12. The number of hydrogen-bond donors (Lipinski definition) is 3. The fraction of sp³-hybridized carbons (Fsp3) is 0.304. The molecule has 32 heavy (non-hydrogen) atoms. The van der Waals surface area contributed by atoms with E-state index in [0.29, 0.717) is 40.1 Å². The van der Waals surface area contributed by atoms with Crippen LogP contribution in [0, 0.1) is 13.8 Å². The summed E-state index contributed by atoms with van der Waals surface area (Å²) in [6.07, 6.45) is 4.60. The van der Waals surface area contributed by atoms with E-state index in [2.05, 4.69) is 55.1 Å².